The number of aromatic nitrogens is 2. The topological polar surface area (TPSA) is 49.8 Å². The van der Waals surface area contributed by atoms with E-state index in [2.05, 4.69) is 72.6 Å². The molecule has 2 rings (SSSR count). The van der Waals surface area contributed by atoms with Crippen molar-refractivity contribution in [1.82, 2.24) is 9.97 Å². The Morgan fingerprint density at radius 2 is 1.67 bits per heavy atom. The van der Waals surface area contributed by atoms with Gasteiger partial charge in [0.25, 0.3) is 0 Å². The van der Waals surface area contributed by atoms with Gasteiger partial charge in [-0.2, -0.15) is 4.98 Å². The van der Waals surface area contributed by atoms with Crippen LogP contribution in [-0.2, 0) is 6.54 Å². The first-order valence-electron chi connectivity index (χ1n) is 7.25. The first-order valence-corrected chi connectivity index (χ1v) is 7.25. The minimum Gasteiger partial charge on any atom is -0.366 e. The lowest BCUT2D eigenvalue weighted by atomic mass is 10.1. The second-order valence-corrected chi connectivity index (χ2v) is 6.43. The molecule has 4 heteroatoms. The Morgan fingerprint density at radius 1 is 1.00 bits per heavy atom. The van der Waals surface area contributed by atoms with Gasteiger partial charge in [-0.15, -0.1) is 0 Å². The molecule has 21 heavy (non-hydrogen) atoms. The molecule has 0 fully saturated rings. The number of nitrogens with one attached hydrogen (secondary N) is 2. The fourth-order valence-corrected chi connectivity index (χ4v) is 1.95. The molecule has 0 saturated heterocycles. The number of benzene rings is 1. The third-order valence-electron chi connectivity index (χ3n) is 2.94. The van der Waals surface area contributed by atoms with Crippen LogP contribution in [0.3, 0.4) is 0 Å². The minimum absolute atomic E-state index is 0.0536. The summed E-state index contributed by atoms with van der Waals surface area (Å²) in [5, 5.41) is 6.66. The molecule has 0 aliphatic carbocycles. The summed E-state index contributed by atoms with van der Waals surface area (Å²) in [4.78, 5) is 8.94. The van der Waals surface area contributed by atoms with Gasteiger partial charge in [0.05, 0.1) is 0 Å². The van der Waals surface area contributed by atoms with Crippen molar-refractivity contribution in [2.75, 3.05) is 10.6 Å². The maximum absolute atomic E-state index is 4.52. The van der Waals surface area contributed by atoms with E-state index >= 15 is 0 Å². The van der Waals surface area contributed by atoms with Gasteiger partial charge in [0, 0.05) is 23.8 Å². The van der Waals surface area contributed by atoms with Gasteiger partial charge >= 0.3 is 0 Å². The van der Waals surface area contributed by atoms with Crippen molar-refractivity contribution in [2.45, 2.75) is 46.7 Å². The van der Waals surface area contributed by atoms with Crippen LogP contribution in [0.4, 0.5) is 11.8 Å². The van der Waals surface area contributed by atoms with Gasteiger partial charge < -0.3 is 10.6 Å². The minimum atomic E-state index is -0.0536. The monoisotopic (exact) mass is 284 g/mol. The Bertz CT molecular complexity index is 597. The summed E-state index contributed by atoms with van der Waals surface area (Å²) >= 11 is 0. The summed E-state index contributed by atoms with van der Waals surface area (Å²) in [6, 6.07) is 10.5. The molecular weight excluding hydrogens is 260 g/mol. The van der Waals surface area contributed by atoms with Crippen LogP contribution in [0, 0.1) is 13.8 Å². The quantitative estimate of drug-likeness (QED) is 0.893. The van der Waals surface area contributed by atoms with Crippen molar-refractivity contribution < 1.29 is 0 Å². The van der Waals surface area contributed by atoms with Gasteiger partial charge in [0.1, 0.15) is 5.82 Å². The summed E-state index contributed by atoms with van der Waals surface area (Å²) in [5.41, 5.74) is 3.40. The molecule has 1 aromatic carbocycles. The summed E-state index contributed by atoms with van der Waals surface area (Å²) in [7, 11) is 0. The average molecular weight is 284 g/mol. The maximum Gasteiger partial charge on any atom is 0.225 e. The van der Waals surface area contributed by atoms with Crippen LogP contribution in [0.2, 0.25) is 0 Å². The van der Waals surface area contributed by atoms with Crippen LogP contribution in [-0.4, -0.2) is 15.5 Å². The highest BCUT2D eigenvalue weighted by Crippen LogP contribution is 2.15. The summed E-state index contributed by atoms with van der Waals surface area (Å²) in [6.07, 6.45) is 0. The molecule has 0 radical (unpaired) electrons. The molecule has 2 aromatic rings. The Morgan fingerprint density at radius 3 is 2.29 bits per heavy atom. The predicted octanol–water partition coefficient (Wildman–Crippen LogP) is 3.92. The van der Waals surface area contributed by atoms with E-state index in [1.807, 2.05) is 13.0 Å². The number of hydrogen-bond donors (Lipinski definition) is 2. The van der Waals surface area contributed by atoms with Gasteiger partial charge in [0.15, 0.2) is 0 Å². The van der Waals surface area contributed by atoms with Crippen molar-refractivity contribution in [3.05, 3.63) is 47.2 Å². The van der Waals surface area contributed by atoms with Crippen molar-refractivity contribution >= 4 is 11.8 Å². The zero-order valence-electron chi connectivity index (χ0n) is 13.5. The van der Waals surface area contributed by atoms with E-state index < -0.39 is 0 Å². The van der Waals surface area contributed by atoms with Crippen molar-refractivity contribution in [2.24, 2.45) is 0 Å². The zero-order chi connectivity index (χ0) is 15.5. The number of nitrogens with zero attached hydrogens (tertiary/aromatic N) is 2. The summed E-state index contributed by atoms with van der Waals surface area (Å²) in [6.45, 7) is 11.1. The molecule has 0 saturated carbocycles. The Labute approximate surface area is 127 Å². The average Bonchev–Trinajstić information content (AvgIpc) is 2.35. The zero-order valence-corrected chi connectivity index (χ0v) is 13.5. The molecule has 0 amide bonds. The molecule has 4 nitrogen and oxygen atoms in total. The molecule has 2 N–H and O–H groups in total. The summed E-state index contributed by atoms with van der Waals surface area (Å²) in [5.74, 6) is 1.50. The first-order chi connectivity index (χ1) is 9.82. The fraction of sp³-hybridized carbons (Fsp3) is 0.412. The lowest BCUT2D eigenvalue weighted by molar-refractivity contribution is 0.625. The largest absolute Gasteiger partial charge is 0.366 e. The van der Waals surface area contributed by atoms with Crippen LogP contribution in [0.25, 0.3) is 0 Å². The van der Waals surface area contributed by atoms with Gasteiger partial charge in [-0.1, -0.05) is 29.8 Å². The number of aryl methyl sites for hydroxylation is 2. The van der Waals surface area contributed by atoms with Crippen LogP contribution >= 0.6 is 0 Å². The fourth-order valence-electron chi connectivity index (χ4n) is 1.95. The highest BCUT2D eigenvalue weighted by Gasteiger charge is 2.12. The molecule has 1 aromatic heterocycles. The number of rotatable bonds is 4. The molecule has 0 aliphatic heterocycles. The lowest BCUT2D eigenvalue weighted by Gasteiger charge is -2.21. The smallest absolute Gasteiger partial charge is 0.225 e. The van der Waals surface area contributed by atoms with Gasteiger partial charge in [-0.25, -0.2) is 4.98 Å². The molecular formula is C17H24N4. The SMILES string of the molecule is Cc1ccc(CNc2cc(C)nc(NC(C)(C)C)n2)cc1. The molecule has 0 aliphatic rings. The van der Waals surface area contributed by atoms with E-state index in [0.717, 1.165) is 18.1 Å². The normalized spacial score (nSPS) is 11.3. The highest BCUT2D eigenvalue weighted by molar-refractivity contribution is 5.43. The van der Waals surface area contributed by atoms with E-state index in [-0.39, 0.29) is 5.54 Å². The van der Waals surface area contributed by atoms with E-state index in [1.54, 1.807) is 0 Å². The molecule has 0 unspecified atom stereocenters. The van der Waals surface area contributed by atoms with E-state index in [0.29, 0.717) is 5.95 Å². The third kappa shape index (κ3) is 5.06. The standard InChI is InChI=1S/C17H24N4/c1-12-6-8-14(9-7-12)11-18-15-10-13(2)19-16(20-15)21-17(3,4)5/h6-10H,11H2,1-5H3,(H2,18,19,20,21). The molecule has 0 atom stereocenters. The second-order valence-electron chi connectivity index (χ2n) is 6.43. The Balaban J connectivity index is 2.07. The predicted molar refractivity (Wildman–Crippen MR) is 88.7 cm³/mol. The van der Waals surface area contributed by atoms with Crippen LogP contribution < -0.4 is 10.6 Å². The van der Waals surface area contributed by atoms with Crippen LogP contribution in [0.5, 0.6) is 0 Å². The lowest BCUT2D eigenvalue weighted by Crippen LogP contribution is -2.27. The van der Waals surface area contributed by atoms with Gasteiger partial charge in [-0.3, -0.25) is 0 Å². The molecule has 1 heterocycles. The number of anilines is 2. The van der Waals surface area contributed by atoms with Crippen molar-refractivity contribution in [3.63, 3.8) is 0 Å². The van der Waals surface area contributed by atoms with Crippen molar-refractivity contribution in [1.29, 1.82) is 0 Å². The number of hydrogen-bond acceptors (Lipinski definition) is 4. The first kappa shape index (κ1) is 15.3. The third-order valence-corrected chi connectivity index (χ3v) is 2.94. The molecule has 0 bridgehead atoms. The van der Waals surface area contributed by atoms with Gasteiger partial charge in [-0.05, 0) is 40.2 Å². The van der Waals surface area contributed by atoms with Gasteiger partial charge in [0.2, 0.25) is 5.95 Å². The van der Waals surface area contributed by atoms with E-state index in [4.69, 9.17) is 0 Å². The van der Waals surface area contributed by atoms with E-state index in [9.17, 15) is 0 Å². The Hall–Kier alpha value is -2.10. The maximum atomic E-state index is 4.52. The highest BCUT2D eigenvalue weighted by atomic mass is 15.2. The molecule has 112 valence electrons. The van der Waals surface area contributed by atoms with Crippen molar-refractivity contribution in [3.8, 4) is 0 Å². The Kier molecular flexibility index (Phi) is 4.46. The second kappa shape index (κ2) is 6.12. The summed E-state index contributed by atoms with van der Waals surface area (Å²) < 4.78 is 0. The van der Waals surface area contributed by atoms with Crippen LogP contribution in [0.15, 0.2) is 30.3 Å². The molecule has 0 spiro atoms. The van der Waals surface area contributed by atoms with E-state index in [1.165, 1.54) is 11.1 Å². The van der Waals surface area contributed by atoms with Crippen LogP contribution in [0.1, 0.15) is 37.6 Å².